The number of benzene rings is 2. The van der Waals surface area contributed by atoms with Crippen LogP contribution in [0.2, 0.25) is 5.02 Å². The van der Waals surface area contributed by atoms with Gasteiger partial charge < -0.3 is 4.90 Å². The van der Waals surface area contributed by atoms with Crippen molar-refractivity contribution in [2.75, 3.05) is 18.0 Å². The molecule has 0 N–H and O–H groups in total. The van der Waals surface area contributed by atoms with E-state index < -0.39 is 0 Å². The van der Waals surface area contributed by atoms with E-state index in [4.69, 9.17) is 16.6 Å². The lowest BCUT2D eigenvalue weighted by molar-refractivity contribution is 0.439. The first-order valence-electron chi connectivity index (χ1n) is 8.61. The second-order valence-corrected chi connectivity index (χ2v) is 7.16. The van der Waals surface area contributed by atoms with E-state index in [2.05, 4.69) is 42.2 Å². The Morgan fingerprint density at radius 3 is 2.46 bits per heavy atom. The maximum Gasteiger partial charge on any atom is 0.0730 e. The van der Waals surface area contributed by atoms with Crippen molar-refractivity contribution < 1.29 is 0 Å². The molecule has 2 aromatic carbocycles. The summed E-state index contributed by atoms with van der Waals surface area (Å²) in [4.78, 5) is 7.39. The van der Waals surface area contributed by atoms with Crippen molar-refractivity contribution >= 4 is 28.2 Å². The molecule has 0 bridgehead atoms. The van der Waals surface area contributed by atoms with Crippen LogP contribution in [0, 0.1) is 5.92 Å². The van der Waals surface area contributed by atoms with Crippen LogP contribution >= 0.6 is 11.6 Å². The van der Waals surface area contributed by atoms with E-state index in [1.165, 1.54) is 23.9 Å². The minimum Gasteiger partial charge on any atom is -0.371 e. The number of hydrogen-bond donors (Lipinski definition) is 0. The zero-order chi connectivity index (χ0) is 16.5. The van der Waals surface area contributed by atoms with Crippen LogP contribution in [0.3, 0.4) is 0 Å². The molecule has 3 aromatic rings. The highest BCUT2D eigenvalue weighted by atomic mass is 35.5. The summed E-state index contributed by atoms with van der Waals surface area (Å²) >= 11 is 6.03. The third-order valence-corrected chi connectivity index (χ3v) is 5.21. The van der Waals surface area contributed by atoms with Gasteiger partial charge >= 0.3 is 0 Å². The standard InChI is InChI=1S/C21H21ClN2/c1-15-10-12-24(13-11-15)21-14-20(16-6-8-17(22)9-7-16)23-19-5-3-2-4-18(19)21/h2-9,14-15H,10-13H2,1H3. The Kier molecular flexibility index (Phi) is 4.15. The fourth-order valence-corrected chi connectivity index (χ4v) is 3.56. The highest BCUT2D eigenvalue weighted by molar-refractivity contribution is 6.30. The van der Waals surface area contributed by atoms with Crippen LogP contribution in [0.1, 0.15) is 19.8 Å². The first kappa shape index (κ1) is 15.5. The highest BCUT2D eigenvalue weighted by Crippen LogP contribution is 2.33. The van der Waals surface area contributed by atoms with Gasteiger partial charge in [0.2, 0.25) is 0 Å². The van der Waals surface area contributed by atoms with Crippen molar-refractivity contribution in [2.45, 2.75) is 19.8 Å². The molecule has 3 heteroatoms. The predicted molar refractivity (Wildman–Crippen MR) is 103 cm³/mol. The molecule has 24 heavy (non-hydrogen) atoms. The molecule has 1 aliphatic heterocycles. The number of nitrogens with zero attached hydrogens (tertiary/aromatic N) is 2. The summed E-state index contributed by atoms with van der Waals surface area (Å²) in [7, 11) is 0. The van der Waals surface area contributed by atoms with Crippen molar-refractivity contribution in [3.8, 4) is 11.3 Å². The summed E-state index contributed by atoms with van der Waals surface area (Å²) in [6.07, 6.45) is 2.51. The number of para-hydroxylation sites is 1. The SMILES string of the molecule is CC1CCN(c2cc(-c3ccc(Cl)cc3)nc3ccccc23)CC1. The Labute approximate surface area is 148 Å². The molecule has 0 amide bonds. The number of aromatic nitrogens is 1. The number of anilines is 1. The molecule has 0 aliphatic carbocycles. The van der Waals surface area contributed by atoms with E-state index in [0.29, 0.717) is 0 Å². The van der Waals surface area contributed by atoms with Crippen molar-refractivity contribution in [3.05, 3.63) is 59.6 Å². The lowest BCUT2D eigenvalue weighted by Crippen LogP contribution is -2.32. The summed E-state index contributed by atoms with van der Waals surface area (Å²) in [6.45, 7) is 4.59. The molecular weight excluding hydrogens is 316 g/mol. The van der Waals surface area contributed by atoms with E-state index in [0.717, 1.165) is 40.8 Å². The number of pyridine rings is 1. The fraction of sp³-hybridized carbons (Fsp3) is 0.286. The Morgan fingerprint density at radius 1 is 1.00 bits per heavy atom. The van der Waals surface area contributed by atoms with Crippen LogP contribution in [0.4, 0.5) is 5.69 Å². The van der Waals surface area contributed by atoms with E-state index in [-0.39, 0.29) is 0 Å². The molecule has 122 valence electrons. The molecule has 1 fully saturated rings. The highest BCUT2D eigenvalue weighted by Gasteiger charge is 2.19. The minimum absolute atomic E-state index is 0.754. The normalized spacial score (nSPS) is 15.8. The van der Waals surface area contributed by atoms with Gasteiger partial charge in [-0.15, -0.1) is 0 Å². The van der Waals surface area contributed by atoms with Gasteiger partial charge in [0.1, 0.15) is 0 Å². The quantitative estimate of drug-likeness (QED) is 0.588. The number of fused-ring (bicyclic) bond motifs is 1. The summed E-state index contributed by atoms with van der Waals surface area (Å²) in [5.74, 6) is 0.824. The molecule has 0 spiro atoms. The van der Waals surface area contributed by atoms with E-state index in [1.807, 2.05) is 24.3 Å². The lowest BCUT2D eigenvalue weighted by atomic mass is 9.98. The first-order chi connectivity index (χ1) is 11.7. The summed E-state index contributed by atoms with van der Waals surface area (Å²) < 4.78 is 0. The monoisotopic (exact) mass is 336 g/mol. The van der Waals surface area contributed by atoms with Crippen LogP contribution in [-0.4, -0.2) is 18.1 Å². The molecule has 4 rings (SSSR count). The second-order valence-electron chi connectivity index (χ2n) is 6.72. The van der Waals surface area contributed by atoms with Crippen LogP contribution in [0.15, 0.2) is 54.6 Å². The fourth-order valence-electron chi connectivity index (χ4n) is 3.44. The van der Waals surface area contributed by atoms with Crippen molar-refractivity contribution in [1.29, 1.82) is 0 Å². The number of rotatable bonds is 2. The number of piperidine rings is 1. The Bertz CT molecular complexity index is 849. The second kappa shape index (κ2) is 6.45. The summed E-state index contributed by atoms with van der Waals surface area (Å²) in [5.41, 5.74) is 4.48. The van der Waals surface area contributed by atoms with Gasteiger partial charge in [-0.1, -0.05) is 48.9 Å². The average molecular weight is 337 g/mol. The molecule has 1 aromatic heterocycles. The molecule has 2 nitrogen and oxygen atoms in total. The van der Waals surface area contributed by atoms with E-state index >= 15 is 0 Å². The van der Waals surface area contributed by atoms with Crippen LogP contribution < -0.4 is 4.90 Å². The Hall–Kier alpha value is -2.06. The summed E-state index contributed by atoms with van der Waals surface area (Å²) in [5, 5.41) is 1.99. The van der Waals surface area contributed by atoms with Gasteiger partial charge in [0.25, 0.3) is 0 Å². The maximum atomic E-state index is 6.03. The van der Waals surface area contributed by atoms with Crippen molar-refractivity contribution in [2.24, 2.45) is 5.92 Å². The minimum atomic E-state index is 0.754. The third-order valence-electron chi connectivity index (χ3n) is 4.96. The molecule has 1 aliphatic rings. The van der Waals surface area contributed by atoms with Gasteiger partial charge in [0, 0.05) is 34.7 Å². The molecular formula is C21H21ClN2. The zero-order valence-corrected chi connectivity index (χ0v) is 14.6. The zero-order valence-electron chi connectivity index (χ0n) is 13.9. The smallest absolute Gasteiger partial charge is 0.0730 e. The summed E-state index contributed by atoms with van der Waals surface area (Å²) in [6, 6.07) is 18.6. The maximum absolute atomic E-state index is 6.03. The van der Waals surface area contributed by atoms with Crippen LogP contribution in [-0.2, 0) is 0 Å². The van der Waals surface area contributed by atoms with Gasteiger partial charge in [0.15, 0.2) is 0 Å². The third kappa shape index (κ3) is 2.99. The topological polar surface area (TPSA) is 16.1 Å². The van der Waals surface area contributed by atoms with Gasteiger partial charge in [-0.3, -0.25) is 0 Å². The average Bonchev–Trinajstić information content (AvgIpc) is 2.62. The number of hydrogen-bond acceptors (Lipinski definition) is 2. The predicted octanol–water partition coefficient (Wildman–Crippen LogP) is 5.79. The van der Waals surface area contributed by atoms with Crippen LogP contribution in [0.25, 0.3) is 22.2 Å². The Morgan fingerprint density at radius 2 is 1.71 bits per heavy atom. The molecule has 0 unspecified atom stereocenters. The molecule has 2 heterocycles. The van der Waals surface area contributed by atoms with E-state index in [1.54, 1.807) is 0 Å². The van der Waals surface area contributed by atoms with Crippen molar-refractivity contribution in [3.63, 3.8) is 0 Å². The van der Waals surface area contributed by atoms with Crippen LogP contribution in [0.5, 0.6) is 0 Å². The molecule has 0 saturated carbocycles. The Balaban J connectivity index is 1.83. The largest absolute Gasteiger partial charge is 0.371 e. The molecule has 1 saturated heterocycles. The van der Waals surface area contributed by atoms with Crippen molar-refractivity contribution in [1.82, 2.24) is 4.98 Å². The molecule has 0 atom stereocenters. The molecule has 0 radical (unpaired) electrons. The van der Waals surface area contributed by atoms with Gasteiger partial charge in [0.05, 0.1) is 11.2 Å². The number of halogens is 1. The lowest BCUT2D eigenvalue weighted by Gasteiger charge is -2.33. The van der Waals surface area contributed by atoms with Gasteiger partial charge in [-0.2, -0.15) is 0 Å². The van der Waals surface area contributed by atoms with E-state index in [9.17, 15) is 0 Å². The van der Waals surface area contributed by atoms with Gasteiger partial charge in [-0.25, -0.2) is 4.98 Å². The van der Waals surface area contributed by atoms with Gasteiger partial charge in [-0.05, 0) is 43.0 Å². The first-order valence-corrected chi connectivity index (χ1v) is 8.99.